The fourth-order valence-corrected chi connectivity index (χ4v) is 2.28. The van der Waals surface area contributed by atoms with E-state index in [0.717, 1.165) is 5.56 Å². The van der Waals surface area contributed by atoms with Crippen LogP contribution < -0.4 is 5.32 Å². The molecule has 1 heterocycles. The summed E-state index contributed by atoms with van der Waals surface area (Å²) in [5.74, 6) is 0.774. The van der Waals surface area contributed by atoms with Gasteiger partial charge in [0.15, 0.2) is 5.76 Å². The quantitative estimate of drug-likeness (QED) is 0.850. The van der Waals surface area contributed by atoms with Crippen molar-refractivity contribution in [1.29, 1.82) is 5.26 Å². The minimum atomic E-state index is -0.465. The van der Waals surface area contributed by atoms with Crippen LogP contribution in [0.5, 0.6) is 0 Å². The maximum atomic E-state index is 11.9. The van der Waals surface area contributed by atoms with Crippen LogP contribution in [-0.4, -0.2) is 24.1 Å². The fraction of sp³-hybridized carbons (Fsp3) is 0.389. The van der Waals surface area contributed by atoms with Crippen molar-refractivity contribution in [2.24, 2.45) is 5.41 Å². The molecule has 0 fully saturated rings. The first kappa shape index (κ1) is 17.7. The molecule has 0 saturated carbocycles. The van der Waals surface area contributed by atoms with Gasteiger partial charge in [0.25, 0.3) is 0 Å². The van der Waals surface area contributed by atoms with Crippen molar-refractivity contribution in [1.82, 2.24) is 10.3 Å². The van der Waals surface area contributed by atoms with E-state index in [-0.39, 0.29) is 11.4 Å². The van der Waals surface area contributed by atoms with Crippen LogP contribution in [0, 0.1) is 16.7 Å². The van der Waals surface area contributed by atoms with E-state index in [1.54, 1.807) is 18.3 Å². The molecule has 0 amide bonds. The van der Waals surface area contributed by atoms with Crippen LogP contribution in [0.4, 0.5) is 0 Å². The highest BCUT2D eigenvalue weighted by Crippen LogP contribution is 2.23. The second kappa shape index (κ2) is 7.28. The van der Waals surface area contributed by atoms with Gasteiger partial charge in [-0.2, -0.15) is 5.26 Å². The summed E-state index contributed by atoms with van der Waals surface area (Å²) in [4.78, 5) is 16.1. The van der Waals surface area contributed by atoms with Gasteiger partial charge >= 0.3 is 5.97 Å². The number of oxazole rings is 1. The first-order chi connectivity index (χ1) is 11.3. The van der Waals surface area contributed by atoms with E-state index < -0.39 is 6.04 Å². The third-order valence-electron chi connectivity index (χ3n) is 3.61. The second-order valence-corrected chi connectivity index (χ2v) is 6.51. The summed E-state index contributed by atoms with van der Waals surface area (Å²) in [7, 11) is 1.37. The Morgan fingerprint density at radius 2 is 2.04 bits per heavy atom. The molecule has 0 aliphatic carbocycles. The van der Waals surface area contributed by atoms with Crippen LogP contribution in [0.3, 0.4) is 0 Å². The Balaban J connectivity index is 2.07. The standard InChI is InChI=1S/C18H21N3O3/c1-18(2,3)16(17(22)23-4)21-11-15-20-10-14(24-15)13-7-5-12(9-19)6-8-13/h5-8,10,16,21H,11H2,1-4H3/t16-/m0/s1. The van der Waals surface area contributed by atoms with E-state index >= 15 is 0 Å². The summed E-state index contributed by atoms with van der Waals surface area (Å²) < 4.78 is 10.6. The van der Waals surface area contributed by atoms with Gasteiger partial charge in [-0.3, -0.25) is 10.1 Å². The van der Waals surface area contributed by atoms with Gasteiger partial charge in [-0.05, 0) is 29.7 Å². The lowest BCUT2D eigenvalue weighted by atomic mass is 9.87. The lowest BCUT2D eigenvalue weighted by molar-refractivity contribution is -0.146. The normalized spacial score (nSPS) is 12.5. The molecule has 2 aromatic rings. The van der Waals surface area contributed by atoms with E-state index in [1.165, 1.54) is 7.11 Å². The number of esters is 1. The van der Waals surface area contributed by atoms with Crippen molar-refractivity contribution in [3.05, 3.63) is 41.9 Å². The molecule has 0 radical (unpaired) electrons. The molecule has 0 aliphatic heterocycles. The molecule has 1 N–H and O–H groups in total. The van der Waals surface area contributed by atoms with Crippen LogP contribution >= 0.6 is 0 Å². The van der Waals surface area contributed by atoms with Crippen LogP contribution in [0.2, 0.25) is 0 Å². The maximum absolute atomic E-state index is 11.9. The van der Waals surface area contributed by atoms with Gasteiger partial charge in [0.2, 0.25) is 5.89 Å². The predicted molar refractivity (Wildman–Crippen MR) is 88.8 cm³/mol. The monoisotopic (exact) mass is 327 g/mol. The lowest BCUT2D eigenvalue weighted by Crippen LogP contribution is -2.46. The van der Waals surface area contributed by atoms with E-state index in [0.29, 0.717) is 23.8 Å². The maximum Gasteiger partial charge on any atom is 0.323 e. The summed E-state index contributed by atoms with van der Waals surface area (Å²) in [5.41, 5.74) is 1.13. The van der Waals surface area contributed by atoms with Crippen molar-refractivity contribution in [3.8, 4) is 17.4 Å². The molecule has 0 saturated heterocycles. The third kappa shape index (κ3) is 4.21. The molecule has 1 aromatic carbocycles. The van der Waals surface area contributed by atoms with Crippen molar-refractivity contribution in [2.45, 2.75) is 33.4 Å². The van der Waals surface area contributed by atoms with Gasteiger partial charge in [0.1, 0.15) is 6.04 Å². The van der Waals surface area contributed by atoms with Gasteiger partial charge in [-0.15, -0.1) is 0 Å². The third-order valence-corrected chi connectivity index (χ3v) is 3.61. The SMILES string of the molecule is COC(=O)[C@H](NCc1ncc(-c2ccc(C#N)cc2)o1)C(C)(C)C. The van der Waals surface area contributed by atoms with E-state index in [1.807, 2.05) is 32.9 Å². The minimum absolute atomic E-state index is 0.296. The summed E-state index contributed by atoms with van der Waals surface area (Å²) >= 11 is 0. The Kier molecular flexibility index (Phi) is 5.37. The Morgan fingerprint density at radius 3 is 2.58 bits per heavy atom. The summed E-state index contributed by atoms with van der Waals surface area (Å²) in [6, 6.07) is 8.67. The molecule has 126 valence electrons. The number of methoxy groups -OCH3 is 1. The highest BCUT2D eigenvalue weighted by Gasteiger charge is 2.32. The number of nitriles is 1. The van der Waals surface area contributed by atoms with E-state index in [2.05, 4.69) is 16.4 Å². The number of benzene rings is 1. The summed E-state index contributed by atoms with van der Waals surface area (Å²) in [6.45, 7) is 6.19. The van der Waals surface area contributed by atoms with Gasteiger partial charge in [-0.1, -0.05) is 20.8 Å². The largest absolute Gasteiger partial charge is 0.468 e. The summed E-state index contributed by atoms with van der Waals surface area (Å²) in [5, 5.41) is 12.0. The number of nitrogens with one attached hydrogen (secondary N) is 1. The number of carbonyl (C=O) groups excluding carboxylic acids is 1. The van der Waals surface area contributed by atoms with Crippen LogP contribution in [0.25, 0.3) is 11.3 Å². The van der Waals surface area contributed by atoms with Gasteiger partial charge < -0.3 is 9.15 Å². The topological polar surface area (TPSA) is 88.1 Å². The smallest absolute Gasteiger partial charge is 0.323 e. The molecular formula is C18H21N3O3. The second-order valence-electron chi connectivity index (χ2n) is 6.51. The van der Waals surface area contributed by atoms with Crippen molar-refractivity contribution in [2.75, 3.05) is 7.11 Å². The zero-order valence-electron chi connectivity index (χ0n) is 14.3. The predicted octanol–water partition coefficient (Wildman–Crippen LogP) is 2.89. The highest BCUT2D eigenvalue weighted by molar-refractivity contribution is 5.76. The van der Waals surface area contributed by atoms with Gasteiger partial charge in [0, 0.05) is 5.56 Å². The Hall–Kier alpha value is -2.65. The molecule has 0 bridgehead atoms. The molecule has 1 aromatic heterocycles. The first-order valence-corrected chi connectivity index (χ1v) is 7.61. The molecule has 0 spiro atoms. The van der Waals surface area contributed by atoms with E-state index in [4.69, 9.17) is 14.4 Å². The summed E-state index contributed by atoms with van der Waals surface area (Å²) in [6.07, 6.45) is 1.63. The zero-order chi connectivity index (χ0) is 17.7. The molecule has 2 rings (SSSR count). The van der Waals surface area contributed by atoms with Crippen molar-refractivity contribution < 1.29 is 13.9 Å². The molecule has 1 atom stereocenters. The Morgan fingerprint density at radius 1 is 1.38 bits per heavy atom. The average Bonchev–Trinajstić information content (AvgIpc) is 3.02. The Bertz CT molecular complexity index is 736. The average molecular weight is 327 g/mol. The number of hydrogen-bond acceptors (Lipinski definition) is 6. The molecule has 6 heteroatoms. The molecule has 0 aliphatic rings. The number of rotatable bonds is 5. The number of nitrogens with zero attached hydrogens (tertiary/aromatic N) is 2. The van der Waals surface area contributed by atoms with Gasteiger partial charge in [0.05, 0.1) is 31.5 Å². The van der Waals surface area contributed by atoms with E-state index in [9.17, 15) is 4.79 Å². The number of aromatic nitrogens is 1. The molecule has 24 heavy (non-hydrogen) atoms. The van der Waals surface area contributed by atoms with Crippen molar-refractivity contribution in [3.63, 3.8) is 0 Å². The first-order valence-electron chi connectivity index (χ1n) is 7.61. The number of ether oxygens (including phenoxy) is 1. The number of carbonyl (C=O) groups is 1. The molecule has 6 nitrogen and oxygen atoms in total. The fourth-order valence-electron chi connectivity index (χ4n) is 2.28. The van der Waals surface area contributed by atoms with Crippen molar-refractivity contribution >= 4 is 5.97 Å². The van der Waals surface area contributed by atoms with Crippen LogP contribution in [0.1, 0.15) is 32.2 Å². The minimum Gasteiger partial charge on any atom is -0.468 e. The number of hydrogen-bond donors (Lipinski definition) is 1. The zero-order valence-corrected chi connectivity index (χ0v) is 14.3. The van der Waals surface area contributed by atoms with Gasteiger partial charge in [-0.25, -0.2) is 4.98 Å². The lowest BCUT2D eigenvalue weighted by Gasteiger charge is -2.28. The van der Waals surface area contributed by atoms with Crippen LogP contribution in [-0.2, 0) is 16.1 Å². The van der Waals surface area contributed by atoms with Crippen LogP contribution in [0.15, 0.2) is 34.9 Å². The Labute approximate surface area is 141 Å². The highest BCUT2D eigenvalue weighted by atomic mass is 16.5. The molecular weight excluding hydrogens is 306 g/mol. The molecule has 0 unspecified atom stereocenters.